The first-order valence-electron chi connectivity index (χ1n) is 6.17. The van der Waals surface area contributed by atoms with Crippen molar-refractivity contribution in [1.82, 2.24) is 0 Å². The summed E-state index contributed by atoms with van der Waals surface area (Å²) in [6.07, 6.45) is 0. The number of halogens is 2. The van der Waals surface area contributed by atoms with E-state index in [4.69, 9.17) is 26.8 Å². The van der Waals surface area contributed by atoms with Gasteiger partial charge in [-0.2, -0.15) is 0 Å². The minimum atomic E-state index is -0.510. The molecular weight excluding hydrogens is 281 g/mol. The maximum Gasteiger partial charge on any atom is 0.167 e. The lowest BCUT2D eigenvalue weighted by Crippen LogP contribution is -1.99. The Morgan fingerprint density at radius 1 is 1.20 bits per heavy atom. The van der Waals surface area contributed by atoms with Crippen LogP contribution in [0.3, 0.4) is 0 Å². The molecule has 2 N–H and O–H groups in total. The van der Waals surface area contributed by atoms with Gasteiger partial charge in [-0.3, -0.25) is 0 Å². The van der Waals surface area contributed by atoms with E-state index in [9.17, 15) is 4.39 Å². The molecule has 106 valence electrons. The molecule has 2 aromatic rings. The van der Waals surface area contributed by atoms with Crippen molar-refractivity contribution in [2.75, 3.05) is 12.3 Å². The highest BCUT2D eigenvalue weighted by molar-refractivity contribution is 6.31. The second-order valence-electron chi connectivity index (χ2n) is 4.27. The summed E-state index contributed by atoms with van der Waals surface area (Å²) in [6.45, 7) is 4.01. The Kier molecular flexibility index (Phi) is 4.35. The monoisotopic (exact) mass is 295 g/mol. The molecule has 0 amide bonds. The van der Waals surface area contributed by atoms with E-state index in [1.54, 1.807) is 25.1 Å². The van der Waals surface area contributed by atoms with Gasteiger partial charge in [-0.1, -0.05) is 11.6 Å². The quantitative estimate of drug-likeness (QED) is 0.841. The maximum absolute atomic E-state index is 13.6. The molecule has 20 heavy (non-hydrogen) atoms. The van der Waals surface area contributed by atoms with E-state index in [2.05, 4.69) is 0 Å². The van der Waals surface area contributed by atoms with Crippen LogP contribution in [0.1, 0.15) is 12.5 Å². The summed E-state index contributed by atoms with van der Waals surface area (Å²) in [7, 11) is 0. The van der Waals surface area contributed by atoms with E-state index in [1.165, 1.54) is 12.1 Å². The van der Waals surface area contributed by atoms with Gasteiger partial charge in [0.25, 0.3) is 0 Å². The zero-order chi connectivity index (χ0) is 14.7. The lowest BCUT2D eigenvalue weighted by atomic mass is 10.2. The van der Waals surface area contributed by atoms with Gasteiger partial charge in [-0.05, 0) is 37.6 Å². The molecule has 0 bridgehead atoms. The SMILES string of the molecule is CCOc1cc(Oc2ccc(Cl)c(C)c2)c(N)cc1F. The molecule has 3 nitrogen and oxygen atoms in total. The van der Waals surface area contributed by atoms with E-state index in [0.717, 1.165) is 5.56 Å². The fourth-order valence-corrected chi connectivity index (χ4v) is 1.83. The molecule has 0 atom stereocenters. The number of benzene rings is 2. The van der Waals surface area contributed by atoms with E-state index < -0.39 is 5.82 Å². The van der Waals surface area contributed by atoms with Crippen LogP contribution in [0, 0.1) is 12.7 Å². The Balaban J connectivity index is 2.32. The zero-order valence-corrected chi connectivity index (χ0v) is 12.0. The fraction of sp³-hybridized carbons (Fsp3) is 0.200. The first-order valence-corrected chi connectivity index (χ1v) is 6.55. The van der Waals surface area contributed by atoms with Crippen LogP contribution in [0.15, 0.2) is 30.3 Å². The van der Waals surface area contributed by atoms with Gasteiger partial charge in [-0.25, -0.2) is 4.39 Å². The third-order valence-corrected chi connectivity index (χ3v) is 3.15. The van der Waals surface area contributed by atoms with Gasteiger partial charge in [0.2, 0.25) is 0 Å². The lowest BCUT2D eigenvalue weighted by Gasteiger charge is -2.12. The van der Waals surface area contributed by atoms with Crippen molar-refractivity contribution in [2.45, 2.75) is 13.8 Å². The number of rotatable bonds is 4. The standard InChI is InChI=1S/C15H15ClFNO2/c1-3-19-14-8-15(13(18)7-12(14)17)20-10-4-5-11(16)9(2)6-10/h4-8H,3,18H2,1-2H3. The summed E-state index contributed by atoms with van der Waals surface area (Å²) in [5.74, 6) is 0.524. The summed E-state index contributed by atoms with van der Waals surface area (Å²) in [5, 5.41) is 0.652. The van der Waals surface area contributed by atoms with Crippen molar-refractivity contribution >= 4 is 17.3 Å². The molecule has 0 spiro atoms. The van der Waals surface area contributed by atoms with Crippen molar-refractivity contribution in [2.24, 2.45) is 0 Å². The van der Waals surface area contributed by atoms with Crippen LogP contribution in [0.25, 0.3) is 0 Å². The van der Waals surface area contributed by atoms with Crippen LogP contribution in [0.2, 0.25) is 5.02 Å². The molecule has 0 aromatic heterocycles. The predicted molar refractivity (Wildman–Crippen MR) is 78.2 cm³/mol. The highest BCUT2D eigenvalue weighted by Gasteiger charge is 2.11. The molecule has 0 heterocycles. The van der Waals surface area contributed by atoms with Crippen LogP contribution < -0.4 is 15.2 Å². The van der Waals surface area contributed by atoms with E-state index in [-0.39, 0.29) is 11.4 Å². The van der Waals surface area contributed by atoms with Crippen molar-refractivity contribution in [3.05, 3.63) is 46.7 Å². The predicted octanol–water partition coefficient (Wildman–Crippen LogP) is 4.56. The number of ether oxygens (including phenoxy) is 2. The largest absolute Gasteiger partial charge is 0.491 e. The lowest BCUT2D eigenvalue weighted by molar-refractivity contribution is 0.319. The molecule has 0 fully saturated rings. The highest BCUT2D eigenvalue weighted by Crippen LogP contribution is 2.34. The minimum Gasteiger partial charge on any atom is -0.491 e. The molecule has 0 unspecified atom stereocenters. The minimum absolute atomic E-state index is 0.113. The van der Waals surface area contributed by atoms with Gasteiger partial charge >= 0.3 is 0 Å². The number of hydrogen-bond acceptors (Lipinski definition) is 3. The van der Waals surface area contributed by atoms with Gasteiger partial charge in [0, 0.05) is 17.2 Å². The average molecular weight is 296 g/mol. The Labute approximate surface area is 122 Å². The van der Waals surface area contributed by atoms with Gasteiger partial charge < -0.3 is 15.2 Å². The summed E-state index contributed by atoms with van der Waals surface area (Å²) >= 11 is 5.95. The Hall–Kier alpha value is -1.94. The Bertz CT molecular complexity index is 632. The molecule has 0 radical (unpaired) electrons. The molecule has 0 saturated heterocycles. The van der Waals surface area contributed by atoms with E-state index in [0.29, 0.717) is 23.1 Å². The smallest absolute Gasteiger partial charge is 0.167 e. The maximum atomic E-state index is 13.6. The van der Waals surface area contributed by atoms with Crippen LogP contribution in [-0.4, -0.2) is 6.61 Å². The third kappa shape index (κ3) is 3.14. The molecule has 2 aromatic carbocycles. The van der Waals surface area contributed by atoms with Crippen molar-refractivity contribution in [3.8, 4) is 17.2 Å². The van der Waals surface area contributed by atoms with Crippen LogP contribution in [-0.2, 0) is 0 Å². The molecule has 0 saturated carbocycles. The Morgan fingerprint density at radius 2 is 1.95 bits per heavy atom. The van der Waals surface area contributed by atoms with E-state index >= 15 is 0 Å². The third-order valence-electron chi connectivity index (χ3n) is 2.72. The molecule has 0 aliphatic carbocycles. The average Bonchev–Trinajstić information content (AvgIpc) is 2.39. The summed E-state index contributed by atoms with van der Waals surface area (Å²) < 4.78 is 24.4. The van der Waals surface area contributed by atoms with Gasteiger partial charge in [0.05, 0.1) is 12.3 Å². The van der Waals surface area contributed by atoms with Crippen LogP contribution >= 0.6 is 11.6 Å². The van der Waals surface area contributed by atoms with Crippen molar-refractivity contribution in [3.63, 3.8) is 0 Å². The summed E-state index contributed by atoms with van der Waals surface area (Å²) in [5.41, 5.74) is 6.85. The highest BCUT2D eigenvalue weighted by atomic mass is 35.5. The normalized spacial score (nSPS) is 10.4. The summed E-state index contributed by atoms with van der Waals surface area (Å²) in [4.78, 5) is 0. The topological polar surface area (TPSA) is 44.5 Å². The van der Waals surface area contributed by atoms with Crippen molar-refractivity contribution in [1.29, 1.82) is 0 Å². The number of aryl methyl sites for hydroxylation is 1. The first-order chi connectivity index (χ1) is 9.51. The second kappa shape index (κ2) is 6.01. The molecule has 0 aliphatic rings. The second-order valence-corrected chi connectivity index (χ2v) is 4.67. The van der Waals surface area contributed by atoms with Gasteiger partial charge in [-0.15, -0.1) is 0 Å². The van der Waals surface area contributed by atoms with Gasteiger partial charge in [0.1, 0.15) is 5.75 Å². The van der Waals surface area contributed by atoms with Crippen LogP contribution in [0.5, 0.6) is 17.2 Å². The molecule has 2 rings (SSSR count). The van der Waals surface area contributed by atoms with Gasteiger partial charge in [0.15, 0.2) is 17.3 Å². The number of anilines is 1. The number of nitrogens with two attached hydrogens (primary N) is 1. The first kappa shape index (κ1) is 14.5. The Morgan fingerprint density at radius 3 is 2.60 bits per heavy atom. The van der Waals surface area contributed by atoms with Crippen LogP contribution in [0.4, 0.5) is 10.1 Å². The fourth-order valence-electron chi connectivity index (χ4n) is 1.71. The van der Waals surface area contributed by atoms with E-state index in [1.807, 2.05) is 6.92 Å². The van der Waals surface area contributed by atoms with Crippen molar-refractivity contribution < 1.29 is 13.9 Å². The number of hydrogen-bond donors (Lipinski definition) is 1. The molecule has 5 heteroatoms. The zero-order valence-electron chi connectivity index (χ0n) is 11.2. The molecule has 0 aliphatic heterocycles. The summed E-state index contributed by atoms with van der Waals surface area (Å²) in [6, 6.07) is 7.86. The molecular formula is C15H15ClFNO2. The number of nitrogen functional groups attached to an aromatic ring is 1.